The van der Waals surface area contributed by atoms with Gasteiger partial charge in [-0.2, -0.15) is 0 Å². The number of nitrogens with zero attached hydrogens (tertiary/aromatic N) is 3. The van der Waals surface area contributed by atoms with E-state index in [4.69, 9.17) is 5.73 Å². The fraction of sp³-hybridized carbons (Fsp3) is 0.500. The molecule has 1 fully saturated rings. The smallest absolute Gasteiger partial charge is 0.269 e. The van der Waals surface area contributed by atoms with Crippen LogP contribution in [0.5, 0.6) is 0 Å². The summed E-state index contributed by atoms with van der Waals surface area (Å²) in [7, 11) is 0. The largest absolute Gasteiger partial charge is 0.364 e. The average Bonchev–Trinajstić information content (AvgIpc) is 2.29. The highest BCUT2D eigenvalue weighted by molar-refractivity contribution is 5.90. The lowest BCUT2D eigenvalue weighted by Gasteiger charge is -2.32. The summed E-state index contributed by atoms with van der Waals surface area (Å²) in [5, 5.41) is 11.1. The van der Waals surface area contributed by atoms with Gasteiger partial charge in [0.25, 0.3) is 5.91 Å². The highest BCUT2D eigenvalue weighted by Crippen LogP contribution is 2.11. The number of aromatic nitrogens is 2. The van der Waals surface area contributed by atoms with Gasteiger partial charge in [0.05, 0.1) is 0 Å². The second-order valence-corrected chi connectivity index (χ2v) is 3.94. The van der Waals surface area contributed by atoms with Gasteiger partial charge in [0.2, 0.25) is 0 Å². The van der Waals surface area contributed by atoms with Crippen molar-refractivity contribution in [2.45, 2.75) is 13.0 Å². The fourth-order valence-electron chi connectivity index (χ4n) is 1.77. The van der Waals surface area contributed by atoms with Crippen molar-refractivity contribution >= 4 is 11.7 Å². The molecule has 3 N–H and O–H groups in total. The first-order valence-electron chi connectivity index (χ1n) is 5.28. The zero-order valence-electron chi connectivity index (χ0n) is 9.18. The molecular formula is C10H15N5O. The van der Waals surface area contributed by atoms with Gasteiger partial charge in [0.15, 0.2) is 11.5 Å². The topological polar surface area (TPSA) is 84.1 Å². The summed E-state index contributed by atoms with van der Waals surface area (Å²) >= 11 is 0. The van der Waals surface area contributed by atoms with Crippen LogP contribution in [0.25, 0.3) is 0 Å². The lowest BCUT2D eigenvalue weighted by atomic mass is 10.2. The van der Waals surface area contributed by atoms with Gasteiger partial charge < -0.3 is 16.0 Å². The number of rotatable bonds is 2. The molecule has 1 aliphatic heterocycles. The molecule has 16 heavy (non-hydrogen) atoms. The Kier molecular flexibility index (Phi) is 3.00. The summed E-state index contributed by atoms with van der Waals surface area (Å²) in [6.45, 7) is 4.84. The highest BCUT2D eigenvalue weighted by Gasteiger charge is 2.17. The monoisotopic (exact) mass is 221 g/mol. The molecule has 0 spiro atoms. The van der Waals surface area contributed by atoms with Gasteiger partial charge in [-0.1, -0.05) is 0 Å². The minimum absolute atomic E-state index is 0.201. The summed E-state index contributed by atoms with van der Waals surface area (Å²) in [6.07, 6.45) is 0. The molecule has 0 aliphatic carbocycles. The number of piperazine rings is 1. The number of amides is 1. The Bertz CT molecular complexity index is 377. The molecule has 1 aromatic heterocycles. The fourth-order valence-corrected chi connectivity index (χ4v) is 1.77. The molecule has 0 aromatic carbocycles. The molecule has 0 radical (unpaired) electrons. The van der Waals surface area contributed by atoms with E-state index < -0.39 is 5.91 Å². The van der Waals surface area contributed by atoms with Crippen molar-refractivity contribution in [3.05, 3.63) is 17.8 Å². The van der Waals surface area contributed by atoms with E-state index in [1.165, 1.54) is 0 Å². The van der Waals surface area contributed by atoms with E-state index in [2.05, 4.69) is 27.3 Å². The third-order valence-electron chi connectivity index (χ3n) is 2.60. The van der Waals surface area contributed by atoms with E-state index in [0.29, 0.717) is 6.04 Å². The zero-order valence-corrected chi connectivity index (χ0v) is 9.18. The quantitative estimate of drug-likeness (QED) is 0.695. The Morgan fingerprint density at radius 2 is 2.38 bits per heavy atom. The van der Waals surface area contributed by atoms with Crippen LogP contribution in [0.3, 0.4) is 0 Å². The number of carbonyl (C=O) groups is 1. The molecule has 0 bridgehead atoms. The summed E-state index contributed by atoms with van der Waals surface area (Å²) < 4.78 is 0. The van der Waals surface area contributed by atoms with E-state index in [-0.39, 0.29) is 5.69 Å². The number of nitrogens with two attached hydrogens (primary N) is 1. The van der Waals surface area contributed by atoms with Gasteiger partial charge in [-0.05, 0) is 19.1 Å². The van der Waals surface area contributed by atoms with Crippen LogP contribution in [0.15, 0.2) is 12.1 Å². The molecule has 86 valence electrons. The van der Waals surface area contributed by atoms with Crippen LogP contribution >= 0.6 is 0 Å². The maximum absolute atomic E-state index is 10.8. The molecule has 2 heterocycles. The molecule has 1 unspecified atom stereocenters. The SMILES string of the molecule is CC1CN(c2ccc(C(N)=O)nn2)CCN1. The first-order chi connectivity index (χ1) is 7.66. The van der Waals surface area contributed by atoms with Gasteiger partial charge in [-0.25, -0.2) is 0 Å². The third kappa shape index (κ3) is 2.27. The van der Waals surface area contributed by atoms with Crippen LogP contribution in [-0.2, 0) is 0 Å². The highest BCUT2D eigenvalue weighted by atomic mass is 16.1. The third-order valence-corrected chi connectivity index (χ3v) is 2.60. The number of hydrogen-bond acceptors (Lipinski definition) is 5. The van der Waals surface area contributed by atoms with Crippen LogP contribution in [0.2, 0.25) is 0 Å². The van der Waals surface area contributed by atoms with Gasteiger partial charge in [-0.15, -0.1) is 10.2 Å². The zero-order chi connectivity index (χ0) is 11.5. The predicted octanol–water partition coefficient (Wildman–Crippen LogP) is -0.626. The van der Waals surface area contributed by atoms with Crippen molar-refractivity contribution in [3.8, 4) is 0 Å². The minimum Gasteiger partial charge on any atom is -0.364 e. The summed E-state index contributed by atoms with van der Waals surface area (Å²) in [5.74, 6) is 0.242. The van der Waals surface area contributed by atoms with Gasteiger partial charge >= 0.3 is 0 Å². The van der Waals surface area contributed by atoms with Crippen molar-refractivity contribution in [1.82, 2.24) is 15.5 Å². The lowest BCUT2D eigenvalue weighted by molar-refractivity contribution is 0.0994. The van der Waals surface area contributed by atoms with E-state index >= 15 is 0 Å². The number of hydrogen-bond donors (Lipinski definition) is 2. The molecule has 6 heteroatoms. The van der Waals surface area contributed by atoms with Crippen molar-refractivity contribution in [2.24, 2.45) is 5.73 Å². The van der Waals surface area contributed by atoms with Crippen LogP contribution in [0.4, 0.5) is 5.82 Å². The molecular weight excluding hydrogens is 206 g/mol. The second-order valence-electron chi connectivity index (χ2n) is 3.94. The molecule has 1 amide bonds. The van der Waals surface area contributed by atoms with Crippen LogP contribution in [-0.4, -0.2) is 41.8 Å². The second kappa shape index (κ2) is 4.44. The Morgan fingerprint density at radius 1 is 1.56 bits per heavy atom. The van der Waals surface area contributed by atoms with E-state index in [1.54, 1.807) is 12.1 Å². The summed E-state index contributed by atoms with van der Waals surface area (Å²) in [6, 6.07) is 3.83. The number of primary amides is 1. The Balaban J connectivity index is 2.11. The Morgan fingerprint density at radius 3 is 2.94 bits per heavy atom. The Labute approximate surface area is 93.8 Å². The molecule has 1 atom stereocenters. The molecule has 0 saturated carbocycles. The predicted molar refractivity (Wildman–Crippen MR) is 60.2 cm³/mol. The van der Waals surface area contributed by atoms with E-state index in [1.807, 2.05) is 0 Å². The van der Waals surface area contributed by atoms with Gasteiger partial charge in [0.1, 0.15) is 0 Å². The van der Waals surface area contributed by atoms with E-state index in [9.17, 15) is 4.79 Å². The van der Waals surface area contributed by atoms with Crippen LogP contribution in [0, 0.1) is 0 Å². The summed E-state index contributed by atoms with van der Waals surface area (Å²) in [4.78, 5) is 13.0. The number of anilines is 1. The van der Waals surface area contributed by atoms with Crippen molar-refractivity contribution < 1.29 is 4.79 Å². The van der Waals surface area contributed by atoms with Gasteiger partial charge in [0, 0.05) is 25.7 Å². The maximum Gasteiger partial charge on any atom is 0.269 e. The molecule has 1 aromatic rings. The normalized spacial score (nSPS) is 20.8. The standard InChI is InChI=1S/C10H15N5O/c1-7-6-15(5-4-12-7)9-3-2-8(10(11)16)13-14-9/h2-3,7,12H,4-6H2,1H3,(H2,11,16). The number of nitrogens with one attached hydrogen (secondary N) is 1. The molecule has 6 nitrogen and oxygen atoms in total. The maximum atomic E-state index is 10.8. The molecule has 1 aliphatic rings. The molecule has 2 rings (SSSR count). The summed E-state index contributed by atoms with van der Waals surface area (Å²) in [5.41, 5.74) is 5.30. The van der Waals surface area contributed by atoms with Crippen LogP contribution in [0.1, 0.15) is 17.4 Å². The first-order valence-corrected chi connectivity index (χ1v) is 5.28. The van der Waals surface area contributed by atoms with Crippen molar-refractivity contribution in [1.29, 1.82) is 0 Å². The minimum atomic E-state index is -0.548. The Hall–Kier alpha value is -1.69. The average molecular weight is 221 g/mol. The van der Waals surface area contributed by atoms with Gasteiger partial charge in [-0.3, -0.25) is 4.79 Å². The molecule has 1 saturated heterocycles. The lowest BCUT2D eigenvalue weighted by Crippen LogP contribution is -2.49. The van der Waals surface area contributed by atoms with Crippen LogP contribution < -0.4 is 16.0 Å². The van der Waals surface area contributed by atoms with E-state index in [0.717, 1.165) is 25.5 Å². The number of carbonyl (C=O) groups excluding carboxylic acids is 1. The first kappa shape index (κ1) is 10.8. The van der Waals surface area contributed by atoms with Crippen molar-refractivity contribution in [3.63, 3.8) is 0 Å². The van der Waals surface area contributed by atoms with Crippen molar-refractivity contribution in [2.75, 3.05) is 24.5 Å².